The van der Waals surface area contributed by atoms with Crippen LogP contribution in [0.15, 0.2) is 30.3 Å². The van der Waals surface area contributed by atoms with Crippen LogP contribution >= 0.6 is 0 Å². The maximum Gasteiger partial charge on any atom is 0.281 e. The van der Waals surface area contributed by atoms with Gasteiger partial charge in [0.25, 0.3) is 16.1 Å². The Morgan fingerprint density at radius 3 is 2.22 bits per heavy atom. The molecular weight excluding hydrogens is 368 g/mol. The molecule has 27 heavy (non-hydrogen) atoms. The summed E-state index contributed by atoms with van der Waals surface area (Å²) < 4.78 is 27.7. The van der Waals surface area contributed by atoms with Gasteiger partial charge in [-0.15, -0.1) is 0 Å². The van der Waals surface area contributed by atoms with Crippen LogP contribution in [0.25, 0.3) is 0 Å². The molecule has 2 fully saturated rings. The zero-order valence-electron chi connectivity index (χ0n) is 16.1. The molecule has 0 N–H and O–H groups in total. The molecule has 2 amide bonds. The molecule has 0 bridgehead atoms. The number of fused-ring (bicyclic) bond motifs is 1. The Morgan fingerprint density at radius 1 is 1.04 bits per heavy atom. The number of carbonyl (C=O) groups excluding carboxylic acids is 2. The Bertz CT molecular complexity index is 840. The number of likely N-dealkylation sites (tertiary alicyclic amines) is 1. The molecule has 2 atom stereocenters. The Morgan fingerprint density at radius 2 is 1.67 bits per heavy atom. The number of nitrogens with zero attached hydrogens (tertiary/aromatic N) is 4. The minimum absolute atomic E-state index is 0.0910. The van der Waals surface area contributed by atoms with Crippen LogP contribution in [-0.4, -0.2) is 93.0 Å². The zero-order valence-corrected chi connectivity index (χ0v) is 16.9. The first kappa shape index (κ1) is 19.8. The zero-order chi connectivity index (χ0) is 20.0. The molecular formula is C18H26N4O4S. The van der Waals surface area contributed by atoms with Crippen molar-refractivity contribution in [3.05, 3.63) is 35.9 Å². The smallest absolute Gasteiger partial charge is 0.281 e. The Kier molecular flexibility index (Phi) is 5.04. The monoisotopic (exact) mass is 394 g/mol. The number of hydrogen-bond donors (Lipinski definition) is 0. The molecule has 9 heteroatoms. The van der Waals surface area contributed by atoms with E-state index in [1.165, 1.54) is 23.3 Å². The largest absolute Gasteiger partial charge is 0.348 e. The van der Waals surface area contributed by atoms with Crippen LogP contribution < -0.4 is 0 Å². The molecule has 2 aliphatic rings. The van der Waals surface area contributed by atoms with E-state index in [1.54, 1.807) is 43.3 Å². The summed E-state index contributed by atoms with van der Waals surface area (Å²) in [7, 11) is 2.68. The van der Waals surface area contributed by atoms with E-state index >= 15 is 0 Å². The molecule has 1 aromatic carbocycles. The average Bonchev–Trinajstić information content (AvgIpc) is 3.16. The molecule has 148 valence electrons. The van der Waals surface area contributed by atoms with Crippen LogP contribution in [-0.2, 0) is 15.0 Å². The van der Waals surface area contributed by atoms with Gasteiger partial charge in [-0.3, -0.25) is 9.59 Å². The van der Waals surface area contributed by atoms with E-state index in [-0.39, 0.29) is 37.4 Å². The molecule has 0 spiro atoms. The van der Waals surface area contributed by atoms with Gasteiger partial charge in [0.1, 0.15) is 0 Å². The standard InChI is InChI=1S/C18H26N4O4S/c1-19(2)17(24)18-12-21(16(23)14-8-6-5-7-9-14)10-15(18)11-22(13-18)27(25,26)20(3)4/h5-9,15H,10-13H2,1-4H3/t15-,18-/m0/s1. The molecule has 0 aromatic heterocycles. The maximum atomic E-state index is 13.0. The second kappa shape index (κ2) is 6.88. The van der Waals surface area contributed by atoms with E-state index in [2.05, 4.69) is 0 Å². The molecule has 0 radical (unpaired) electrons. The fourth-order valence-corrected chi connectivity index (χ4v) is 5.32. The van der Waals surface area contributed by atoms with Crippen molar-refractivity contribution in [1.82, 2.24) is 18.4 Å². The lowest BCUT2D eigenvalue weighted by Gasteiger charge is -2.31. The summed E-state index contributed by atoms with van der Waals surface area (Å²) >= 11 is 0. The number of carbonyl (C=O) groups is 2. The summed E-state index contributed by atoms with van der Waals surface area (Å²) in [5.74, 6) is -0.486. The highest BCUT2D eigenvalue weighted by Crippen LogP contribution is 2.45. The highest BCUT2D eigenvalue weighted by atomic mass is 32.2. The number of rotatable bonds is 4. The van der Waals surface area contributed by atoms with Crippen molar-refractivity contribution in [1.29, 1.82) is 0 Å². The summed E-state index contributed by atoms with van der Waals surface area (Å²) in [6.07, 6.45) is 0. The second-order valence-electron chi connectivity index (χ2n) is 7.69. The van der Waals surface area contributed by atoms with Gasteiger partial charge in [-0.05, 0) is 12.1 Å². The van der Waals surface area contributed by atoms with Crippen molar-refractivity contribution in [2.75, 3.05) is 54.4 Å². The lowest BCUT2D eigenvalue weighted by Crippen LogP contribution is -2.49. The number of benzene rings is 1. The predicted octanol–water partition coefficient (Wildman–Crippen LogP) is -0.0448. The molecule has 0 saturated carbocycles. The molecule has 0 unspecified atom stereocenters. The van der Waals surface area contributed by atoms with Gasteiger partial charge in [0.15, 0.2) is 0 Å². The minimum atomic E-state index is -3.61. The Labute approximate surface area is 160 Å². The number of hydrogen-bond acceptors (Lipinski definition) is 4. The van der Waals surface area contributed by atoms with Crippen molar-refractivity contribution in [3.8, 4) is 0 Å². The molecule has 3 rings (SSSR count). The third-order valence-corrected chi connectivity index (χ3v) is 7.36. The molecule has 0 aliphatic carbocycles. The van der Waals surface area contributed by atoms with E-state index < -0.39 is 15.6 Å². The summed E-state index contributed by atoms with van der Waals surface area (Å²) in [6, 6.07) is 8.95. The molecule has 8 nitrogen and oxygen atoms in total. The first-order chi connectivity index (χ1) is 12.6. The van der Waals surface area contributed by atoms with Crippen molar-refractivity contribution in [2.45, 2.75) is 0 Å². The van der Waals surface area contributed by atoms with E-state index in [1.807, 2.05) is 6.07 Å². The van der Waals surface area contributed by atoms with Crippen LogP contribution in [0.4, 0.5) is 0 Å². The van der Waals surface area contributed by atoms with Crippen LogP contribution in [0, 0.1) is 11.3 Å². The lowest BCUT2D eigenvalue weighted by atomic mass is 9.80. The third kappa shape index (κ3) is 3.24. The topological polar surface area (TPSA) is 81.2 Å². The first-order valence-electron chi connectivity index (χ1n) is 8.83. The Hall–Kier alpha value is -1.97. The minimum Gasteiger partial charge on any atom is -0.348 e. The van der Waals surface area contributed by atoms with Gasteiger partial charge in [0.05, 0.1) is 5.41 Å². The normalized spacial score (nSPS) is 25.7. The van der Waals surface area contributed by atoms with Gasteiger partial charge < -0.3 is 9.80 Å². The third-order valence-electron chi connectivity index (χ3n) is 5.51. The van der Waals surface area contributed by atoms with E-state index in [0.29, 0.717) is 12.1 Å². The fraction of sp³-hybridized carbons (Fsp3) is 0.556. The van der Waals surface area contributed by atoms with E-state index in [9.17, 15) is 18.0 Å². The van der Waals surface area contributed by atoms with Gasteiger partial charge in [-0.25, -0.2) is 0 Å². The SMILES string of the molecule is CN(C)C(=O)[C@]12CN(C(=O)c3ccccc3)C[C@H]1CN(S(=O)(=O)N(C)C)C2. The highest BCUT2D eigenvalue weighted by molar-refractivity contribution is 7.86. The van der Waals surface area contributed by atoms with Crippen LogP contribution in [0.5, 0.6) is 0 Å². The van der Waals surface area contributed by atoms with Crippen molar-refractivity contribution in [3.63, 3.8) is 0 Å². The Balaban J connectivity index is 1.91. The average molecular weight is 394 g/mol. The molecule has 2 aliphatic heterocycles. The van der Waals surface area contributed by atoms with Crippen LogP contribution in [0.1, 0.15) is 10.4 Å². The van der Waals surface area contributed by atoms with Gasteiger partial charge in [0, 0.05) is 65.9 Å². The van der Waals surface area contributed by atoms with Crippen molar-refractivity contribution in [2.24, 2.45) is 11.3 Å². The molecule has 1 aromatic rings. The first-order valence-corrected chi connectivity index (χ1v) is 10.2. The fourth-order valence-electron chi connectivity index (χ4n) is 4.09. The quantitative estimate of drug-likeness (QED) is 0.717. The maximum absolute atomic E-state index is 13.0. The van der Waals surface area contributed by atoms with Crippen molar-refractivity contribution < 1.29 is 18.0 Å². The summed E-state index contributed by atoms with van der Waals surface area (Å²) in [4.78, 5) is 29.1. The van der Waals surface area contributed by atoms with Gasteiger partial charge in [-0.1, -0.05) is 18.2 Å². The summed E-state index contributed by atoms with van der Waals surface area (Å²) in [5.41, 5.74) is -0.334. The van der Waals surface area contributed by atoms with Gasteiger partial charge in [0.2, 0.25) is 5.91 Å². The predicted molar refractivity (Wildman–Crippen MR) is 101 cm³/mol. The highest BCUT2D eigenvalue weighted by Gasteiger charge is 2.60. The molecule has 2 saturated heterocycles. The molecule has 2 heterocycles. The van der Waals surface area contributed by atoms with Crippen LogP contribution in [0.3, 0.4) is 0 Å². The van der Waals surface area contributed by atoms with E-state index in [4.69, 9.17) is 0 Å². The van der Waals surface area contributed by atoms with Crippen LogP contribution in [0.2, 0.25) is 0 Å². The van der Waals surface area contributed by atoms with E-state index in [0.717, 1.165) is 4.31 Å². The van der Waals surface area contributed by atoms with Gasteiger partial charge >= 0.3 is 0 Å². The van der Waals surface area contributed by atoms with Crippen molar-refractivity contribution >= 4 is 22.0 Å². The second-order valence-corrected chi connectivity index (χ2v) is 9.83. The summed E-state index contributed by atoms with van der Waals surface area (Å²) in [5, 5.41) is 0. The van der Waals surface area contributed by atoms with Gasteiger partial charge in [-0.2, -0.15) is 17.0 Å². The summed E-state index contributed by atoms with van der Waals surface area (Å²) in [6.45, 7) is 0.918. The number of amides is 2. The lowest BCUT2D eigenvalue weighted by molar-refractivity contribution is -0.139.